The van der Waals surface area contributed by atoms with Crippen LogP contribution in [0.2, 0.25) is 0 Å². The molecule has 3 aromatic carbocycles. The smallest absolute Gasteiger partial charge is 0.193 e. The van der Waals surface area contributed by atoms with Gasteiger partial charge in [-0.2, -0.15) is 0 Å². The first kappa shape index (κ1) is 13.6. The van der Waals surface area contributed by atoms with Crippen molar-refractivity contribution < 1.29 is 15.0 Å². The quantitative estimate of drug-likeness (QED) is 0.791. The summed E-state index contributed by atoms with van der Waals surface area (Å²) in [5.41, 5.74) is 1.83. The van der Waals surface area contributed by atoms with E-state index in [4.69, 9.17) is 0 Å². The highest BCUT2D eigenvalue weighted by atomic mass is 16.3. The minimum absolute atomic E-state index is 0.0759. The Morgan fingerprint density at radius 2 is 1.70 bits per heavy atom. The van der Waals surface area contributed by atoms with Crippen molar-refractivity contribution in [3.63, 3.8) is 0 Å². The van der Waals surface area contributed by atoms with Crippen molar-refractivity contribution in [3.8, 4) is 5.75 Å². The molecule has 0 saturated carbocycles. The fraction of sp³-hybridized carbons (Fsp3) is 0.0500. The van der Waals surface area contributed by atoms with Crippen molar-refractivity contribution in [2.75, 3.05) is 0 Å². The standard InChI is InChI=1S/C20H14O3/c21-16-10-9-13-7-4-8-14-17(13)18(16)20(23)15(19(14)22)11-12-5-2-1-3-6-12/h1-10,21-22H,11H2/p-1. The first-order valence-corrected chi connectivity index (χ1v) is 7.40. The molecule has 0 bridgehead atoms. The lowest BCUT2D eigenvalue weighted by Crippen LogP contribution is -2.20. The molecule has 3 heteroatoms. The van der Waals surface area contributed by atoms with Crippen LogP contribution in [0, 0.1) is 0 Å². The first-order chi connectivity index (χ1) is 11.2. The number of phenolic OH excluding ortho intramolecular Hbond substituents is 1. The number of benzene rings is 3. The van der Waals surface area contributed by atoms with Gasteiger partial charge in [0.05, 0.1) is 5.56 Å². The van der Waals surface area contributed by atoms with E-state index in [9.17, 15) is 15.0 Å². The largest absolute Gasteiger partial charge is 0.872 e. The molecule has 3 aromatic rings. The van der Waals surface area contributed by atoms with Gasteiger partial charge in [0.25, 0.3) is 0 Å². The summed E-state index contributed by atoms with van der Waals surface area (Å²) in [6, 6.07) is 18.0. The van der Waals surface area contributed by atoms with Crippen LogP contribution < -0.4 is 5.11 Å². The van der Waals surface area contributed by atoms with E-state index in [0.717, 1.165) is 10.9 Å². The number of hydrogen-bond acceptors (Lipinski definition) is 3. The maximum atomic E-state index is 12.8. The number of phenols is 1. The molecule has 0 amide bonds. The fourth-order valence-electron chi connectivity index (χ4n) is 3.16. The number of hydrogen-bond donors (Lipinski definition) is 1. The van der Waals surface area contributed by atoms with Crippen LogP contribution in [0.25, 0.3) is 16.5 Å². The van der Waals surface area contributed by atoms with Crippen molar-refractivity contribution in [3.05, 3.63) is 82.9 Å². The van der Waals surface area contributed by atoms with Gasteiger partial charge in [-0.25, -0.2) is 0 Å². The van der Waals surface area contributed by atoms with Gasteiger partial charge in [-0.3, -0.25) is 4.79 Å². The Balaban J connectivity index is 1.97. The van der Waals surface area contributed by atoms with E-state index in [1.807, 2.05) is 36.4 Å². The second-order valence-electron chi connectivity index (χ2n) is 5.66. The molecule has 1 aliphatic carbocycles. The summed E-state index contributed by atoms with van der Waals surface area (Å²) in [6.45, 7) is 0. The summed E-state index contributed by atoms with van der Waals surface area (Å²) in [7, 11) is 0. The van der Waals surface area contributed by atoms with Gasteiger partial charge in [-0.05, 0) is 28.2 Å². The summed E-state index contributed by atoms with van der Waals surface area (Å²) < 4.78 is 0. The number of Topliss-reactive ketones (excluding diaryl/α,β-unsaturated/α-hetero) is 1. The number of ketones is 1. The van der Waals surface area contributed by atoms with E-state index >= 15 is 0 Å². The number of carbonyl (C=O) groups excluding carboxylic acids is 1. The van der Waals surface area contributed by atoms with Crippen LogP contribution in [0.15, 0.2) is 66.2 Å². The molecule has 23 heavy (non-hydrogen) atoms. The predicted molar refractivity (Wildman–Crippen MR) is 87.0 cm³/mol. The Morgan fingerprint density at radius 3 is 2.48 bits per heavy atom. The lowest BCUT2D eigenvalue weighted by atomic mass is 9.84. The molecule has 0 saturated heterocycles. The van der Waals surface area contributed by atoms with Gasteiger partial charge in [0, 0.05) is 11.8 Å². The highest BCUT2D eigenvalue weighted by Crippen LogP contribution is 2.39. The van der Waals surface area contributed by atoms with E-state index in [0.29, 0.717) is 10.9 Å². The van der Waals surface area contributed by atoms with Gasteiger partial charge in [0.2, 0.25) is 0 Å². The molecule has 0 fully saturated rings. The minimum atomic E-state index is -0.374. The molecule has 3 nitrogen and oxygen atoms in total. The molecule has 0 aromatic heterocycles. The number of carbonyl (C=O) groups is 1. The lowest BCUT2D eigenvalue weighted by Gasteiger charge is -2.27. The lowest BCUT2D eigenvalue weighted by molar-refractivity contribution is -0.244. The van der Waals surface area contributed by atoms with Gasteiger partial charge < -0.3 is 10.2 Å². The van der Waals surface area contributed by atoms with Gasteiger partial charge in [0.1, 0.15) is 5.75 Å². The van der Waals surface area contributed by atoms with Crippen LogP contribution >= 0.6 is 0 Å². The van der Waals surface area contributed by atoms with E-state index in [-0.39, 0.29) is 34.8 Å². The van der Waals surface area contributed by atoms with E-state index in [1.54, 1.807) is 18.2 Å². The summed E-state index contributed by atoms with van der Waals surface area (Å²) in [5, 5.41) is 24.3. The molecular formula is C20H13O3-. The van der Waals surface area contributed by atoms with E-state index in [1.165, 1.54) is 6.07 Å². The number of allylic oxidation sites excluding steroid dienone is 1. The van der Waals surface area contributed by atoms with Crippen LogP contribution in [-0.2, 0) is 6.42 Å². The summed E-state index contributed by atoms with van der Waals surface area (Å²) in [6.07, 6.45) is 0.267. The van der Waals surface area contributed by atoms with Crippen molar-refractivity contribution in [1.82, 2.24) is 0 Å². The molecule has 0 radical (unpaired) electrons. The molecule has 0 spiro atoms. The zero-order valence-electron chi connectivity index (χ0n) is 12.2. The normalized spacial score (nSPS) is 13.7. The van der Waals surface area contributed by atoms with Crippen LogP contribution in [0.5, 0.6) is 5.75 Å². The highest BCUT2D eigenvalue weighted by molar-refractivity contribution is 6.25. The molecule has 0 aliphatic heterocycles. The third kappa shape index (κ3) is 2.01. The van der Waals surface area contributed by atoms with E-state index < -0.39 is 0 Å². The molecule has 112 valence electrons. The summed E-state index contributed by atoms with van der Waals surface area (Å²) in [4.78, 5) is 12.8. The average molecular weight is 301 g/mol. The third-order valence-corrected chi connectivity index (χ3v) is 4.27. The van der Waals surface area contributed by atoms with Gasteiger partial charge in [0.15, 0.2) is 5.78 Å². The topological polar surface area (TPSA) is 60.4 Å². The molecule has 0 heterocycles. The number of aromatic hydroxyl groups is 1. The van der Waals surface area contributed by atoms with Gasteiger partial charge in [-0.1, -0.05) is 60.4 Å². The highest BCUT2D eigenvalue weighted by Gasteiger charge is 2.26. The SMILES string of the molecule is O=C1C(Cc2ccccc2)=C([O-])c2cccc3ccc(O)c1c23. The average Bonchev–Trinajstić information content (AvgIpc) is 2.58. The van der Waals surface area contributed by atoms with Gasteiger partial charge in [-0.15, -0.1) is 0 Å². The molecule has 1 aliphatic rings. The Morgan fingerprint density at radius 1 is 0.913 bits per heavy atom. The second-order valence-corrected chi connectivity index (χ2v) is 5.66. The molecular weight excluding hydrogens is 288 g/mol. The zero-order chi connectivity index (χ0) is 16.0. The second kappa shape index (κ2) is 4.99. The predicted octanol–water partition coefficient (Wildman–Crippen LogP) is 3.06. The summed E-state index contributed by atoms with van der Waals surface area (Å²) >= 11 is 0. The van der Waals surface area contributed by atoms with Crippen molar-refractivity contribution in [1.29, 1.82) is 0 Å². The van der Waals surface area contributed by atoms with Crippen LogP contribution in [0.3, 0.4) is 0 Å². The minimum Gasteiger partial charge on any atom is -0.872 e. The fourth-order valence-corrected chi connectivity index (χ4v) is 3.16. The maximum Gasteiger partial charge on any atom is 0.193 e. The maximum absolute atomic E-state index is 12.8. The molecule has 0 atom stereocenters. The van der Waals surface area contributed by atoms with Crippen LogP contribution in [0.4, 0.5) is 0 Å². The van der Waals surface area contributed by atoms with Crippen molar-refractivity contribution in [2.24, 2.45) is 0 Å². The third-order valence-electron chi connectivity index (χ3n) is 4.27. The Bertz CT molecular complexity index is 969. The number of rotatable bonds is 2. The van der Waals surface area contributed by atoms with Crippen LogP contribution in [0.1, 0.15) is 21.5 Å². The van der Waals surface area contributed by atoms with Crippen molar-refractivity contribution >= 4 is 22.3 Å². The van der Waals surface area contributed by atoms with Gasteiger partial charge >= 0.3 is 0 Å². The first-order valence-electron chi connectivity index (χ1n) is 7.40. The Kier molecular flexibility index (Phi) is 2.95. The van der Waals surface area contributed by atoms with Crippen LogP contribution in [-0.4, -0.2) is 10.9 Å². The zero-order valence-corrected chi connectivity index (χ0v) is 12.2. The Labute approximate surface area is 133 Å². The van der Waals surface area contributed by atoms with Crippen molar-refractivity contribution in [2.45, 2.75) is 6.42 Å². The molecule has 1 N–H and O–H groups in total. The molecule has 4 rings (SSSR count). The Hall–Kier alpha value is -3.07. The van der Waals surface area contributed by atoms with E-state index in [2.05, 4.69) is 0 Å². The monoisotopic (exact) mass is 301 g/mol. The summed E-state index contributed by atoms with van der Waals surface area (Å²) in [5.74, 6) is -0.698. The molecule has 0 unspecified atom stereocenters.